The zero-order valence-electron chi connectivity index (χ0n) is 28.3. The molecular weight excluding hydrogens is 616 g/mol. The van der Waals surface area contributed by atoms with Crippen molar-refractivity contribution in [3.63, 3.8) is 0 Å². The molecule has 2 saturated heterocycles. The molecule has 0 saturated carbocycles. The number of aromatic hydroxyl groups is 1. The highest BCUT2D eigenvalue weighted by molar-refractivity contribution is 5.91. The van der Waals surface area contributed by atoms with Crippen LogP contribution in [0.15, 0.2) is 83.7 Å². The molecule has 260 valence electrons. The molecule has 4 aromatic rings. The number of hydrogen-bond acceptors (Lipinski definition) is 7. The summed E-state index contributed by atoms with van der Waals surface area (Å²) in [6.07, 6.45) is 11.5. The number of nitrogens with one attached hydrogen (secondary N) is 3. The summed E-state index contributed by atoms with van der Waals surface area (Å²) < 4.78 is 5.96. The molecule has 6 rings (SSSR count). The fourth-order valence-corrected chi connectivity index (χ4v) is 7.76. The van der Waals surface area contributed by atoms with Crippen LogP contribution in [0.2, 0.25) is 0 Å². The Morgan fingerprint density at radius 1 is 0.857 bits per heavy atom. The van der Waals surface area contributed by atoms with Gasteiger partial charge in [0.1, 0.15) is 11.9 Å². The van der Waals surface area contributed by atoms with Crippen LogP contribution in [0.25, 0.3) is 22.0 Å². The van der Waals surface area contributed by atoms with Gasteiger partial charge in [-0.2, -0.15) is 0 Å². The summed E-state index contributed by atoms with van der Waals surface area (Å²) in [4.78, 5) is 29.9. The first-order chi connectivity index (χ1) is 24.0. The number of fused-ring (bicyclic) bond motifs is 3. The summed E-state index contributed by atoms with van der Waals surface area (Å²) >= 11 is 0. The lowest BCUT2D eigenvalue weighted by Gasteiger charge is -2.38. The first-order valence-corrected chi connectivity index (χ1v) is 18.1. The molecule has 2 aliphatic heterocycles. The number of rotatable bonds is 16. The maximum absolute atomic E-state index is 12.9. The van der Waals surface area contributed by atoms with E-state index in [-0.39, 0.29) is 23.5 Å². The van der Waals surface area contributed by atoms with Gasteiger partial charge in [0.25, 0.3) is 0 Å². The van der Waals surface area contributed by atoms with Gasteiger partial charge in [-0.3, -0.25) is 15.0 Å². The molecule has 0 radical (unpaired) electrons. The topological polar surface area (TPSA) is 127 Å². The molecule has 2 fully saturated rings. The molecule has 49 heavy (non-hydrogen) atoms. The molecule has 3 heterocycles. The predicted octanol–water partition coefficient (Wildman–Crippen LogP) is 7.50. The number of amides is 1. The highest BCUT2D eigenvalue weighted by atomic mass is 16.6. The molecule has 3 atom stereocenters. The number of anilines is 1. The average Bonchev–Trinajstić information content (AvgIpc) is 3.34. The van der Waals surface area contributed by atoms with Crippen molar-refractivity contribution in [1.82, 2.24) is 15.2 Å². The molecule has 0 aliphatic carbocycles. The van der Waals surface area contributed by atoms with E-state index in [9.17, 15) is 19.8 Å². The molecular formula is C40H50N4O5. The molecule has 9 nitrogen and oxygen atoms in total. The fraction of sp³-hybridized carbons (Fsp3) is 0.450. The summed E-state index contributed by atoms with van der Waals surface area (Å²) in [5, 5.41) is 27.8. The Labute approximate surface area is 288 Å². The number of carbonyl (C=O) groups is 1. The maximum Gasteiger partial charge on any atom is 0.411 e. The standard InChI is InChI=1S/C40H50N4O5/c45-36-21-19-33(34-20-22-38(47)43-39(34)36)37(46)27-41-23-11-4-2-1-3-5-12-24-44-29-17-18-30(44)26-31(25-29)49-40(48)42-35-16-10-9-15-32(35)28-13-7-6-8-14-28/h6-10,13-16,19-22,29-31,37,41,45-46H,1-5,11-12,17-18,23-27H2,(H,42,48)(H,43,47)/t29?,30?,31?,37-/m0/s1. The third-order valence-corrected chi connectivity index (χ3v) is 10.2. The predicted molar refractivity (Wildman–Crippen MR) is 195 cm³/mol. The number of phenols is 1. The minimum atomic E-state index is -0.726. The number of hydrogen-bond donors (Lipinski definition) is 5. The van der Waals surface area contributed by atoms with Crippen molar-refractivity contribution in [3.8, 4) is 16.9 Å². The third-order valence-electron chi connectivity index (χ3n) is 10.2. The number of para-hydroxylation sites is 1. The second-order valence-corrected chi connectivity index (χ2v) is 13.6. The van der Waals surface area contributed by atoms with Crippen LogP contribution in [-0.2, 0) is 4.74 Å². The number of unbranched alkanes of at least 4 members (excludes halogenated alkanes) is 6. The smallest absolute Gasteiger partial charge is 0.411 e. The van der Waals surface area contributed by atoms with E-state index in [1.807, 2.05) is 54.6 Å². The summed E-state index contributed by atoms with van der Waals surface area (Å²) in [6, 6.07) is 25.2. The van der Waals surface area contributed by atoms with E-state index in [2.05, 4.69) is 20.5 Å². The van der Waals surface area contributed by atoms with Gasteiger partial charge in [0.15, 0.2) is 0 Å². The first-order valence-electron chi connectivity index (χ1n) is 18.1. The zero-order chi connectivity index (χ0) is 34.0. The lowest BCUT2D eigenvalue weighted by Crippen LogP contribution is -2.46. The van der Waals surface area contributed by atoms with Gasteiger partial charge in [0.05, 0.1) is 17.3 Å². The van der Waals surface area contributed by atoms with E-state index < -0.39 is 6.10 Å². The number of carbonyl (C=O) groups excluding carboxylic acids is 1. The zero-order valence-corrected chi connectivity index (χ0v) is 28.3. The molecule has 2 unspecified atom stereocenters. The van der Waals surface area contributed by atoms with Gasteiger partial charge in [0.2, 0.25) is 5.56 Å². The van der Waals surface area contributed by atoms with E-state index >= 15 is 0 Å². The van der Waals surface area contributed by atoms with E-state index in [4.69, 9.17) is 4.74 Å². The Kier molecular flexibility index (Phi) is 12.0. The Hall–Kier alpha value is -4.18. The number of pyridine rings is 1. The number of aliphatic hydroxyl groups is 1. The normalized spacial score (nSPS) is 19.6. The van der Waals surface area contributed by atoms with Crippen molar-refractivity contribution in [2.24, 2.45) is 0 Å². The molecule has 5 N–H and O–H groups in total. The number of phenolic OH excluding ortho intramolecular Hbond substituents is 1. The Bertz CT molecular complexity index is 1710. The van der Waals surface area contributed by atoms with Crippen LogP contribution in [0.5, 0.6) is 5.75 Å². The van der Waals surface area contributed by atoms with Crippen molar-refractivity contribution in [2.75, 3.05) is 25.0 Å². The highest BCUT2D eigenvalue weighted by Gasteiger charge is 2.41. The maximum atomic E-state index is 12.9. The summed E-state index contributed by atoms with van der Waals surface area (Å²) in [6.45, 7) is 2.40. The summed E-state index contributed by atoms with van der Waals surface area (Å²) in [5.41, 5.74) is 3.58. The molecule has 1 amide bonds. The number of benzene rings is 3. The van der Waals surface area contributed by atoms with Gasteiger partial charge >= 0.3 is 6.09 Å². The third kappa shape index (κ3) is 9.09. The van der Waals surface area contributed by atoms with Gasteiger partial charge in [-0.15, -0.1) is 0 Å². The lowest BCUT2D eigenvalue weighted by molar-refractivity contribution is 0.0228. The number of aliphatic hydroxyl groups excluding tert-OH is 1. The largest absolute Gasteiger partial charge is 0.506 e. The van der Waals surface area contributed by atoms with Gasteiger partial charge in [0, 0.05) is 48.5 Å². The van der Waals surface area contributed by atoms with Crippen LogP contribution in [0.4, 0.5) is 10.5 Å². The van der Waals surface area contributed by atoms with Crippen LogP contribution >= 0.6 is 0 Å². The Balaban J connectivity index is 0.819. The van der Waals surface area contributed by atoms with Crippen molar-refractivity contribution in [3.05, 3.63) is 94.8 Å². The highest BCUT2D eigenvalue weighted by Crippen LogP contribution is 2.37. The number of piperidine rings is 1. The van der Waals surface area contributed by atoms with Crippen molar-refractivity contribution in [1.29, 1.82) is 0 Å². The SMILES string of the molecule is O=C(Nc1ccccc1-c1ccccc1)OC1CC2CCC(C1)N2CCCCCCCCCNC[C@H](O)c1ccc(O)c2[nH]c(=O)ccc12. The molecule has 0 spiro atoms. The number of nitrogens with zero attached hydrogens (tertiary/aromatic N) is 1. The van der Waals surface area contributed by atoms with Gasteiger partial charge in [-0.05, 0) is 68.1 Å². The van der Waals surface area contributed by atoms with Crippen LogP contribution < -0.4 is 16.2 Å². The fourth-order valence-electron chi connectivity index (χ4n) is 7.76. The van der Waals surface area contributed by atoms with Crippen molar-refractivity contribution < 1.29 is 19.7 Å². The number of ether oxygens (including phenoxy) is 1. The van der Waals surface area contributed by atoms with Crippen LogP contribution in [0.1, 0.15) is 82.3 Å². The van der Waals surface area contributed by atoms with Crippen LogP contribution in [-0.4, -0.2) is 64.0 Å². The number of H-pyrrole nitrogens is 1. The van der Waals surface area contributed by atoms with Crippen molar-refractivity contribution in [2.45, 2.75) is 94.9 Å². The van der Waals surface area contributed by atoms with Gasteiger partial charge in [-0.1, -0.05) is 86.7 Å². The summed E-state index contributed by atoms with van der Waals surface area (Å²) in [7, 11) is 0. The van der Waals surface area contributed by atoms with E-state index in [1.54, 1.807) is 12.1 Å². The van der Waals surface area contributed by atoms with Gasteiger partial charge in [-0.25, -0.2) is 4.79 Å². The molecule has 3 aromatic carbocycles. The summed E-state index contributed by atoms with van der Waals surface area (Å²) in [5.74, 6) is -0.000820. The Morgan fingerprint density at radius 3 is 2.33 bits per heavy atom. The Morgan fingerprint density at radius 2 is 1.55 bits per heavy atom. The first kappa shape index (κ1) is 34.7. The van der Waals surface area contributed by atoms with E-state index in [1.165, 1.54) is 57.1 Å². The minimum absolute atomic E-state index is 0.000820. The lowest BCUT2D eigenvalue weighted by atomic mass is 9.99. The van der Waals surface area contributed by atoms with E-state index in [0.717, 1.165) is 55.6 Å². The molecule has 9 heteroatoms. The molecule has 2 aliphatic rings. The quantitative estimate of drug-likeness (QED) is 0.0784. The number of aromatic nitrogens is 1. The molecule has 1 aromatic heterocycles. The molecule has 2 bridgehead atoms. The second-order valence-electron chi connectivity index (χ2n) is 13.6. The van der Waals surface area contributed by atoms with Crippen LogP contribution in [0.3, 0.4) is 0 Å². The number of aromatic amines is 1. The monoisotopic (exact) mass is 666 g/mol. The second kappa shape index (κ2) is 17.0. The van der Waals surface area contributed by atoms with Crippen LogP contribution in [0, 0.1) is 0 Å². The minimum Gasteiger partial charge on any atom is -0.506 e. The average molecular weight is 667 g/mol. The van der Waals surface area contributed by atoms with Gasteiger partial charge < -0.3 is 25.3 Å². The van der Waals surface area contributed by atoms with E-state index in [0.29, 0.717) is 35.1 Å². The van der Waals surface area contributed by atoms with Crippen molar-refractivity contribution >= 4 is 22.7 Å².